The van der Waals surface area contributed by atoms with Crippen molar-refractivity contribution in [3.05, 3.63) is 23.9 Å². The maximum absolute atomic E-state index is 10.7. The highest BCUT2D eigenvalue weighted by molar-refractivity contribution is 5.87. The summed E-state index contributed by atoms with van der Waals surface area (Å²) in [5.74, 6) is -0.0784. The standard InChI is InChI=1S/C11H15N3O2.2ClH/c15-11(16)9-2-3-10(13-8-9)14-6-1-4-12-5-7-14;;/h2-3,8,12H,1,4-7H2,(H,15,16);2*1H. The van der Waals surface area contributed by atoms with Crippen LogP contribution in [0.1, 0.15) is 16.8 Å². The monoisotopic (exact) mass is 293 g/mol. The molecule has 102 valence electrons. The molecule has 7 heteroatoms. The predicted molar refractivity (Wildman–Crippen MR) is 75.4 cm³/mol. The van der Waals surface area contributed by atoms with E-state index in [1.807, 2.05) is 0 Å². The first kappa shape index (κ1) is 17.0. The van der Waals surface area contributed by atoms with Crippen LogP contribution < -0.4 is 10.2 Å². The summed E-state index contributed by atoms with van der Waals surface area (Å²) in [6, 6.07) is 3.37. The Hall–Kier alpha value is -1.04. The van der Waals surface area contributed by atoms with Gasteiger partial charge in [0.25, 0.3) is 0 Å². The van der Waals surface area contributed by atoms with Crippen LogP contribution in [0.5, 0.6) is 0 Å². The van der Waals surface area contributed by atoms with Gasteiger partial charge in [-0.3, -0.25) is 0 Å². The summed E-state index contributed by atoms with van der Waals surface area (Å²) in [6.07, 6.45) is 2.50. The van der Waals surface area contributed by atoms with Crippen LogP contribution in [0.15, 0.2) is 18.3 Å². The number of pyridine rings is 1. The van der Waals surface area contributed by atoms with E-state index in [0.717, 1.165) is 38.4 Å². The van der Waals surface area contributed by atoms with E-state index in [-0.39, 0.29) is 30.4 Å². The minimum absolute atomic E-state index is 0. The Morgan fingerprint density at radius 2 is 2.06 bits per heavy atom. The van der Waals surface area contributed by atoms with E-state index < -0.39 is 5.97 Å². The topological polar surface area (TPSA) is 65.5 Å². The summed E-state index contributed by atoms with van der Waals surface area (Å²) in [5, 5.41) is 12.1. The minimum Gasteiger partial charge on any atom is -0.478 e. The Balaban J connectivity index is 0.00000144. The second-order valence-corrected chi connectivity index (χ2v) is 3.80. The predicted octanol–water partition coefficient (Wildman–Crippen LogP) is 1.42. The molecule has 1 saturated heterocycles. The minimum atomic E-state index is -0.934. The molecule has 0 bridgehead atoms. The van der Waals surface area contributed by atoms with Crippen molar-refractivity contribution >= 4 is 36.6 Å². The molecule has 0 saturated carbocycles. The molecule has 0 aliphatic carbocycles. The van der Waals surface area contributed by atoms with Crippen molar-refractivity contribution in [2.24, 2.45) is 0 Å². The van der Waals surface area contributed by atoms with Crippen LogP contribution in [-0.2, 0) is 0 Å². The van der Waals surface area contributed by atoms with Crippen molar-refractivity contribution < 1.29 is 9.90 Å². The summed E-state index contributed by atoms with van der Waals surface area (Å²) in [7, 11) is 0. The lowest BCUT2D eigenvalue weighted by atomic mass is 10.3. The summed E-state index contributed by atoms with van der Waals surface area (Å²) >= 11 is 0. The van der Waals surface area contributed by atoms with Crippen molar-refractivity contribution in [2.75, 3.05) is 31.1 Å². The molecular weight excluding hydrogens is 277 g/mol. The third-order valence-electron chi connectivity index (χ3n) is 2.66. The molecule has 1 aliphatic rings. The van der Waals surface area contributed by atoms with Gasteiger partial charge >= 0.3 is 5.97 Å². The molecule has 0 atom stereocenters. The molecule has 18 heavy (non-hydrogen) atoms. The van der Waals surface area contributed by atoms with Gasteiger partial charge in [0, 0.05) is 25.8 Å². The van der Waals surface area contributed by atoms with Crippen molar-refractivity contribution in [1.29, 1.82) is 0 Å². The van der Waals surface area contributed by atoms with Gasteiger partial charge in [-0.05, 0) is 25.1 Å². The van der Waals surface area contributed by atoms with E-state index >= 15 is 0 Å². The Bertz CT molecular complexity index is 365. The van der Waals surface area contributed by atoms with E-state index in [9.17, 15) is 4.79 Å². The highest BCUT2D eigenvalue weighted by Crippen LogP contribution is 2.12. The number of carboxylic acids is 1. The van der Waals surface area contributed by atoms with Gasteiger partial charge in [-0.25, -0.2) is 9.78 Å². The maximum atomic E-state index is 10.7. The summed E-state index contributed by atoms with van der Waals surface area (Å²) < 4.78 is 0. The van der Waals surface area contributed by atoms with Gasteiger partial charge in [0.1, 0.15) is 5.82 Å². The van der Waals surface area contributed by atoms with Crippen molar-refractivity contribution in [3.8, 4) is 0 Å². The average molecular weight is 294 g/mol. The molecular formula is C11H17Cl2N3O2. The number of halogens is 2. The number of aromatic carboxylic acids is 1. The number of hydrogen-bond donors (Lipinski definition) is 2. The first-order valence-electron chi connectivity index (χ1n) is 5.42. The molecule has 0 amide bonds. The van der Waals surface area contributed by atoms with Crippen molar-refractivity contribution in [1.82, 2.24) is 10.3 Å². The normalized spacial score (nSPS) is 15.0. The summed E-state index contributed by atoms with van der Waals surface area (Å²) in [4.78, 5) is 17.0. The molecule has 0 aromatic carbocycles. The van der Waals surface area contributed by atoms with Gasteiger partial charge < -0.3 is 15.3 Å². The zero-order valence-corrected chi connectivity index (χ0v) is 11.5. The zero-order valence-electron chi connectivity index (χ0n) is 9.83. The van der Waals surface area contributed by atoms with Gasteiger partial charge in [0.15, 0.2) is 0 Å². The number of rotatable bonds is 2. The van der Waals surface area contributed by atoms with Crippen molar-refractivity contribution in [3.63, 3.8) is 0 Å². The number of hydrogen-bond acceptors (Lipinski definition) is 4. The lowest BCUT2D eigenvalue weighted by Gasteiger charge is -2.20. The van der Waals surface area contributed by atoms with Crippen LogP contribution in [0.2, 0.25) is 0 Å². The van der Waals surface area contributed by atoms with Crippen LogP contribution in [0.3, 0.4) is 0 Å². The molecule has 1 aliphatic heterocycles. The number of carbonyl (C=O) groups is 1. The number of anilines is 1. The third-order valence-corrected chi connectivity index (χ3v) is 2.66. The highest BCUT2D eigenvalue weighted by atomic mass is 35.5. The lowest BCUT2D eigenvalue weighted by Crippen LogP contribution is -2.28. The van der Waals surface area contributed by atoms with Gasteiger partial charge in [-0.1, -0.05) is 0 Å². The van der Waals surface area contributed by atoms with E-state index in [0.29, 0.717) is 0 Å². The van der Waals surface area contributed by atoms with E-state index in [1.54, 1.807) is 12.1 Å². The Morgan fingerprint density at radius 3 is 2.67 bits per heavy atom. The Morgan fingerprint density at radius 1 is 1.28 bits per heavy atom. The SMILES string of the molecule is Cl.Cl.O=C(O)c1ccc(N2CCCNCC2)nc1. The molecule has 1 aromatic rings. The highest BCUT2D eigenvalue weighted by Gasteiger charge is 2.11. The second kappa shape index (κ2) is 8.13. The van der Waals surface area contributed by atoms with Gasteiger partial charge in [-0.2, -0.15) is 0 Å². The third kappa shape index (κ3) is 4.33. The Labute approximate surface area is 118 Å². The fourth-order valence-electron chi connectivity index (χ4n) is 1.77. The molecule has 0 unspecified atom stereocenters. The molecule has 2 N–H and O–H groups in total. The van der Waals surface area contributed by atoms with Crippen LogP contribution in [-0.4, -0.2) is 42.2 Å². The lowest BCUT2D eigenvalue weighted by molar-refractivity contribution is 0.0696. The fourth-order valence-corrected chi connectivity index (χ4v) is 1.77. The maximum Gasteiger partial charge on any atom is 0.337 e. The number of carboxylic acid groups (broad SMARTS) is 1. The number of nitrogens with zero attached hydrogens (tertiary/aromatic N) is 2. The first-order chi connectivity index (χ1) is 7.77. The quantitative estimate of drug-likeness (QED) is 0.863. The number of nitrogens with one attached hydrogen (secondary N) is 1. The molecule has 0 spiro atoms. The zero-order chi connectivity index (χ0) is 11.4. The van der Waals surface area contributed by atoms with E-state index in [4.69, 9.17) is 5.11 Å². The van der Waals surface area contributed by atoms with Crippen LogP contribution in [0.4, 0.5) is 5.82 Å². The first-order valence-corrected chi connectivity index (χ1v) is 5.42. The van der Waals surface area contributed by atoms with E-state index in [1.165, 1.54) is 6.20 Å². The average Bonchev–Trinajstić information content (AvgIpc) is 2.57. The van der Waals surface area contributed by atoms with Crippen LogP contribution >= 0.6 is 24.8 Å². The van der Waals surface area contributed by atoms with Gasteiger partial charge in [-0.15, -0.1) is 24.8 Å². The second-order valence-electron chi connectivity index (χ2n) is 3.80. The van der Waals surface area contributed by atoms with Crippen LogP contribution in [0, 0.1) is 0 Å². The smallest absolute Gasteiger partial charge is 0.337 e. The molecule has 0 radical (unpaired) electrons. The van der Waals surface area contributed by atoms with Gasteiger partial charge in [0.05, 0.1) is 5.56 Å². The Kier molecular flexibility index (Phi) is 7.66. The van der Waals surface area contributed by atoms with Crippen molar-refractivity contribution in [2.45, 2.75) is 6.42 Å². The molecule has 5 nitrogen and oxygen atoms in total. The molecule has 1 aromatic heterocycles. The molecule has 2 rings (SSSR count). The largest absolute Gasteiger partial charge is 0.478 e. The van der Waals surface area contributed by atoms with E-state index in [2.05, 4.69) is 15.2 Å². The number of aromatic nitrogens is 1. The fraction of sp³-hybridized carbons (Fsp3) is 0.455. The summed E-state index contributed by atoms with van der Waals surface area (Å²) in [6.45, 7) is 3.86. The molecule has 2 heterocycles. The van der Waals surface area contributed by atoms with Crippen LogP contribution in [0.25, 0.3) is 0 Å². The van der Waals surface area contributed by atoms with Gasteiger partial charge in [0.2, 0.25) is 0 Å². The molecule has 1 fully saturated rings. The summed E-state index contributed by atoms with van der Waals surface area (Å²) in [5.41, 5.74) is 0.233.